The van der Waals surface area contributed by atoms with Crippen molar-refractivity contribution in [1.82, 2.24) is 24.6 Å². The summed E-state index contributed by atoms with van der Waals surface area (Å²) in [7, 11) is 0. The largest absolute Gasteiger partial charge is 0.355 e. The predicted octanol–water partition coefficient (Wildman–Crippen LogP) is 3.59. The first-order chi connectivity index (χ1) is 12.5. The molecule has 4 heterocycles. The number of likely N-dealkylation sites (tertiary alicyclic amines) is 1. The minimum absolute atomic E-state index is 0.0676. The lowest BCUT2D eigenvalue weighted by Crippen LogP contribution is -2.39. The molecule has 1 aliphatic heterocycles. The first-order valence-corrected chi connectivity index (χ1v) is 10.1. The zero-order valence-electron chi connectivity index (χ0n) is 14.9. The van der Waals surface area contributed by atoms with Crippen LogP contribution in [0.25, 0.3) is 10.6 Å². The molecule has 0 aliphatic carbocycles. The molecule has 0 aromatic carbocycles. The van der Waals surface area contributed by atoms with Crippen LogP contribution in [-0.2, 0) is 0 Å². The molecule has 7 nitrogen and oxygen atoms in total. The van der Waals surface area contributed by atoms with E-state index in [-0.39, 0.29) is 11.8 Å². The fraction of sp³-hybridized carbons (Fsp3) is 0.471. The molecule has 1 amide bonds. The van der Waals surface area contributed by atoms with Crippen LogP contribution in [0.5, 0.6) is 0 Å². The lowest BCUT2D eigenvalue weighted by Gasteiger charge is -2.32. The van der Waals surface area contributed by atoms with Crippen molar-refractivity contribution in [1.29, 1.82) is 0 Å². The van der Waals surface area contributed by atoms with Crippen molar-refractivity contribution in [3.63, 3.8) is 0 Å². The van der Waals surface area contributed by atoms with Gasteiger partial charge in [0, 0.05) is 25.1 Å². The second-order valence-electron chi connectivity index (χ2n) is 6.56. The Kier molecular flexibility index (Phi) is 4.58. The van der Waals surface area contributed by atoms with E-state index in [2.05, 4.69) is 19.7 Å². The van der Waals surface area contributed by atoms with Gasteiger partial charge in [-0.05, 0) is 45.1 Å². The van der Waals surface area contributed by atoms with Gasteiger partial charge in [0.1, 0.15) is 9.75 Å². The Morgan fingerprint density at radius 3 is 2.88 bits per heavy atom. The number of nitrogens with zero attached hydrogens (tertiary/aromatic N) is 5. The van der Waals surface area contributed by atoms with Gasteiger partial charge in [0.2, 0.25) is 0 Å². The van der Waals surface area contributed by atoms with Gasteiger partial charge in [0.15, 0.2) is 5.76 Å². The number of thiazole rings is 1. The average molecular weight is 390 g/mol. The Bertz CT molecular complexity index is 945. The van der Waals surface area contributed by atoms with Crippen molar-refractivity contribution >= 4 is 28.8 Å². The van der Waals surface area contributed by atoms with Crippen LogP contribution in [0.15, 0.2) is 10.6 Å². The highest BCUT2D eigenvalue weighted by Crippen LogP contribution is 2.36. The van der Waals surface area contributed by atoms with Crippen LogP contribution in [0.2, 0.25) is 0 Å². The number of carbonyl (C=O) groups excluding carboxylic acids is 1. The Labute approximate surface area is 159 Å². The van der Waals surface area contributed by atoms with Gasteiger partial charge in [-0.2, -0.15) is 0 Å². The van der Waals surface area contributed by atoms with Gasteiger partial charge in [-0.15, -0.1) is 16.4 Å². The molecule has 1 aliphatic rings. The van der Waals surface area contributed by atoms with E-state index < -0.39 is 0 Å². The third-order valence-corrected chi connectivity index (χ3v) is 6.38. The Morgan fingerprint density at radius 1 is 1.35 bits per heavy atom. The maximum Gasteiger partial charge on any atom is 0.265 e. The normalized spacial score (nSPS) is 17.7. The third kappa shape index (κ3) is 3.16. The van der Waals surface area contributed by atoms with Gasteiger partial charge in [0.25, 0.3) is 5.91 Å². The van der Waals surface area contributed by atoms with Crippen molar-refractivity contribution in [3.8, 4) is 10.6 Å². The van der Waals surface area contributed by atoms with E-state index in [0.29, 0.717) is 12.3 Å². The van der Waals surface area contributed by atoms with Crippen LogP contribution < -0.4 is 0 Å². The number of carbonyl (C=O) groups is 1. The predicted molar refractivity (Wildman–Crippen MR) is 99.6 cm³/mol. The third-order valence-electron chi connectivity index (χ3n) is 4.56. The number of aromatic nitrogens is 4. The monoisotopic (exact) mass is 389 g/mol. The van der Waals surface area contributed by atoms with E-state index in [1.54, 1.807) is 0 Å². The molecule has 0 radical (unpaired) electrons. The molecule has 0 unspecified atom stereocenters. The van der Waals surface area contributed by atoms with Crippen molar-refractivity contribution in [2.24, 2.45) is 0 Å². The van der Waals surface area contributed by atoms with Gasteiger partial charge in [-0.1, -0.05) is 9.64 Å². The van der Waals surface area contributed by atoms with Crippen molar-refractivity contribution < 1.29 is 9.32 Å². The van der Waals surface area contributed by atoms with Crippen molar-refractivity contribution in [2.45, 2.75) is 39.5 Å². The number of aryl methyl sites for hydroxylation is 3. The maximum absolute atomic E-state index is 12.9. The molecule has 3 aromatic heterocycles. The quantitative estimate of drug-likeness (QED) is 0.680. The van der Waals surface area contributed by atoms with Gasteiger partial charge >= 0.3 is 0 Å². The minimum Gasteiger partial charge on any atom is -0.355 e. The van der Waals surface area contributed by atoms with E-state index >= 15 is 0 Å². The summed E-state index contributed by atoms with van der Waals surface area (Å²) in [5, 5.41) is 9.23. The molecule has 0 bridgehead atoms. The number of piperidine rings is 1. The summed E-state index contributed by atoms with van der Waals surface area (Å²) in [5.74, 6) is 0.920. The molecule has 1 atom stereocenters. The summed E-state index contributed by atoms with van der Waals surface area (Å²) in [6, 6.07) is 1.90. The molecule has 1 fully saturated rings. The second kappa shape index (κ2) is 6.88. The van der Waals surface area contributed by atoms with Crippen LogP contribution in [0.1, 0.15) is 50.5 Å². The summed E-state index contributed by atoms with van der Waals surface area (Å²) in [6.07, 6.45) is 1.93. The Balaban J connectivity index is 1.57. The van der Waals surface area contributed by atoms with Crippen molar-refractivity contribution in [2.75, 3.05) is 13.1 Å². The lowest BCUT2D eigenvalue weighted by atomic mass is 9.93. The Morgan fingerprint density at radius 2 is 2.19 bits per heavy atom. The number of amides is 1. The number of hydrogen-bond donors (Lipinski definition) is 0. The molecular formula is C17H19N5O2S2. The van der Waals surface area contributed by atoms with Gasteiger partial charge < -0.3 is 9.42 Å². The minimum atomic E-state index is 0.0676. The first kappa shape index (κ1) is 17.3. The van der Waals surface area contributed by atoms with Crippen molar-refractivity contribution in [3.05, 3.63) is 33.0 Å². The maximum atomic E-state index is 12.9. The average Bonchev–Trinajstić information content (AvgIpc) is 3.34. The fourth-order valence-electron chi connectivity index (χ4n) is 3.36. The van der Waals surface area contributed by atoms with E-state index in [0.717, 1.165) is 51.2 Å². The molecule has 136 valence electrons. The number of hydrogen-bond acceptors (Lipinski definition) is 8. The summed E-state index contributed by atoms with van der Waals surface area (Å²) in [6.45, 7) is 7.12. The highest BCUT2D eigenvalue weighted by molar-refractivity contribution is 7.13. The molecule has 0 N–H and O–H groups in total. The van der Waals surface area contributed by atoms with Crippen LogP contribution in [-0.4, -0.2) is 43.6 Å². The lowest BCUT2D eigenvalue weighted by molar-refractivity contribution is 0.0710. The summed E-state index contributed by atoms with van der Waals surface area (Å²) >= 11 is 2.78. The summed E-state index contributed by atoms with van der Waals surface area (Å²) in [4.78, 5) is 20.9. The van der Waals surface area contributed by atoms with E-state index in [9.17, 15) is 4.79 Å². The standard InChI is InChI=1S/C17H19N5O2S2/c1-9-7-13(24-20-9)16-14(19-21-26-16)12-5-4-6-22(8-12)17(23)15-10(2)18-11(3)25-15/h7,12H,4-6,8H2,1-3H3/t12-/m0/s1. The Hall–Kier alpha value is -2.13. The molecule has 9 heteroatoms. The zero-order valence-corrected chi connectivity index (χ0v) is 16.5. The van der Waals surface area contributed by atoms with Crippen LogP contribution >= 0.6 is 22.9 Å². The van der Waals surface area contributed by atoms with E-state index in [4.69, 9.17) is 4.52 Å². The van der Waals surface area contributed by atoms with E-state index in [1.807, 2.05) is 31.7 Å². The molecule has 0 spiro atoms. The van der Waals surface area contributed by atoms with E-state index in [1.165, 1.54) is 22.9 Å². The second-order valence-corrected chi connectivity index (χ2v) is 8.51. The SMILES string of the molecule is Cc1cc(-c2snnc2[C@H]2CCCN(C(=O)c3sc(C)nc3C)C2)on1. The van der Waals surface area contributed by atoms with Crippen LogP contribution in [0, 0.1) is 20.8 Å². The molecule has 0 saturated carbocycles. The fourth-order valence-corrected chi connectivity index (χ4v) is 4.95. The first-order valence-electron chi connectivity index (χ1n) is 8.52. The highest BCUT2D eigenvalue weighted by atomic mass is 32.1. The zero-order chi connectivity index (χ0) is 18.3. The molecular weight excluding hydrogens is 370 g/mol. The summed E-state index contributed by atoms with van der Waals surface area (Å²) < 4.78 is 9.52. The van der Waals surface area contributed by atoms with Gasteiger partial charge in [-0.3, -0.25) is 4.79 Å². The topological polar surface area (TPSA) is 85.0 Å². The van der Waals surface area contributed by atoms with Crippen LogP contribution in [0.3, 0.4) is 0 Å². The highest BCUT2D eigenvalue weighted by Gasteiger charge is 2.31. The smallest absolute Gasteiger partial charge is 0.265 e. The van der Waals surface area contributed by atoms with Gasteiger partial charge in [-0.25, -0.2) is 4.98 Å². The number of rotatable bonds is 3. The molecule has 26 heavy (non-hydrogen) atoms. The molecule has 4 rings (SSSR count). The van der Waals surface area contributed by atoms with Crippen LogP contribution in [0.4, 0.5) is 0 Å². The summed E-state index contributed by atoms with van der Waals surface area (Å²) in [5.41, 5.74) is 2.55. The molecule has 3 aromatic rings. The molecule has 1 saturated heterocycles. The van der Waals surface area contributed by atoms with Gasteiger partial charge in [0.05, 0.1) is 22.1 Å².